The first-order chi connectivity index (χ1) is 7.57. The maximum absolute atomic E-state index is 11.5. The number of carboxylic acids is 1. The van der Waals surface area contributed by atoms with E-state index in [0.29, 0.717) is 12.8 Å². The summed E-state index contributed by atoms with van der Waals surface area (Å²) in [6.07, 6.45) is 7.25. The first-order valence-electron chi connectivity index (χ1n) is 5.66. The smallest absolute Gasteiger partial charge is 0.550 e. The van der Waals surface area contributed by atoms with Gasteiger partial charge in [0.25, 0.3) is 0 Å². The van der Waals surface area contributed by atoms with Crippen LogP contribution in [0.3, 0.4) is 0 Å². The van der Waals surface area contributed by atoms with E-state index in [9.17, 15) is 14.7 Å². The number of carbonyl (C=O) groups excluding carboxylic acids is 2. The Balaban J connectivity index is 0. The van der Waals surface area contributed by atoms with Crippen molar-refractivity contribution in [3.05, 3.63) is 12.2 Å². The Morgan fingerprint density at radius 2 is 1.76 bits per heavy atom. The SMILES string of the molecule is CCC/C=C/CCC(=O)N(C)CCC(=O)[O-].[Li+]. The summed E-state index contributed by atoms with van der Waals surface area (Å²) in [5.74, 6) is -1.15. The second-order valence-corrected chi connectivity index (χ2v) is 3.74. The minimum Gasteiger partial charge on any atom is -0.550 e. The fraction of sp³-hybridized carbons (Fsp3) is 0.667. The van der Waals surface area contributed by atoms with Crippen molar-refractivity contribution in [2.45, 2.75) is 39.0 Å². The van der Waals surface area contributed by atoms with Crippen LogP contribution >= 0.6 is 0 Å². The molecular formula is C12H20LiNO3. The summed E-state index contributed by atoms with van der Waals surface area (Å²) in [6, 6.07) is 0. The predicted molar refractivity (Wildman–Crippen MR) is 60.5 cm³/mol. The zero-order valence-corrected chi connectivity index (χ0v) is 11.1. The van der Waals surface area contributed by atoms with Crippen LogP contribution in [-0.4, -0.2) is 30.4 Å². The van der Waals surface area contributed by atoms with Gasteiger partial charge in [-0.2, -0.15) is 0 Å². The minimum atomic E-state index is -1.12. The van der Waals surface area contributed by atoms with E-state index in [0.717, 1.165) is 12.8 Å². The van der Waals surface area contributed by atoms with Gasteiger partial charge in [0.15, 0.2) is 0 Å². The monoisotopic (exact) mass is 233 g/mol. The number of hydrogen-bond donors (Lipinski definition) is 0. The maximum Gasteiger partial charge on any atom is 1.00 e. The summed E-state index contributed by atoms with van der Waals surface area (Å²) in [6.45, 7) is 2.32. The van der Waals surface area contributed by atoms with Crippen LogP contribution in [-0.2, 0) is 9.59 Å². The second-order valence-electron chi connectivity index (χ2n) is 3.74. The van der Waals surface area contributed by atoms with Crippen LogP contribution in [0.15, 0.2) is 12.2 Å². The van der Waals surface area contributed by atoms with Gasteiger partial charge in [0.2, 0.25) is 5.91 Å². The average Bonchev–Trinajstić information content (AvgIpc) is 2.25. The molecule has 0 aliphatic carbocycles. The Morgan fingerprint density at radius 3 is 2.29 bits per heavy atom. The number of unbranched alkanes of at least 4 members (excludes halogenated alkanes) is 1. The van der Waals surface area contributed by atoms with Crippen LogP contribution in [0.4, 0.5) is 0 Å². The van der Waals surface area contributed by atoms with Crippen LogP contribution in [0, 0.1) is 0 Å². The van der Waals surface area contributed by atoms with Gasteiger partial charge < -0.3 is 14.8 Å². The van der Waals surface area contributed by atoms with E-state index in [4.69, 9.17) is 0 Å². The third-order valence-electron chi connectivity index (χ3n) is 2.22. The fourth-order valence-corrected chi connectivity index (χ4v) is 1.18. The molecule has 1 amide bonds. The topological polar surface area (TPSA) is 60.4 Å². The molecule has 5 heteroatoms. The Morgan fingerprint density at radius 1 is 1.18 bits per heavy atom. The normalized spacial score (nSPS) is 10.0. The molecule has 0 fully saturated rings. The molecule has 0 aromatic carbocycles. The van der Waals surface area contributed by atoms with Gasteiger partial charge in [-0.05, 0) is 12.8 Å². The third kappa shape index (κ3) is 11.5. The molecule has 17 heavy (non-hydrogen) atoms. The van der Waals surface area contributed by atoms with Gasteiger partial charge in [0, 0.05) is 32.4 Å². The standard InChI is InChI=1S/C12H21NO3.Li/c1-3-4-5-6-7-8-11(14)13(2)10-9-12(15)16;/h5-6H,3-4,7-10H2,1-2H3,(H,15,16);/q;+1/p-1/b6-5+;. The molecule has 0 rings (SSSR count). The molecule has 0 saturated carbocycles. The molecule has 0 spiro atoms. The van der Waals surface area contributed by atoms with E-state index in [1.165, 1.54) is 4.90 Å². The molecule has 0 bridgehead atoms. The number of carboxylic acid groups (broad SMARTS) is 1. The van der Waals surface area contributed by atoms with Gasteiger partial charge in [0.05, 0.1) is 0 Å². The number of amides is 1. The zero-order chi connectivity index (χ0) is 12.4. The third-order valence-corrected chi connectivity index (χ3v) is 2.22. The molecule has 92 valence electrons. The quantitative estimate of drug-likeness (QED) is 0.351. The van der Waals surface area contributed by atoms with Crippen molar-refractivity contribution < 1.29 is 33.6 Å². The second kappa shape index (κ2) is 11.8. The van der Waals surface area contributed by atoms with Crippen molar-refractivity contribution in [1.29, 1.82) is 0 Å². The first-order valence-corrected chi connectivity index (χ1v) is 5.66. The summed E-state index contributed by atoms with van der Waals surface area (Å²) < 4.78 is 0. The Hall–Kier alpha value is -0.723. The van der Waals surface area contributed by atoms with Crippen molar-refractivity contribution >= 4 is 11.9 Å². The Bertz CT molecular complexity index is 254. The van der Waals surface area contributed by atoms with Crippen LogP contribution < -0.4 is 24.0 Å². The molecule has 0 aromatic heterocycles. The summed E-state index contributed by atoms with van der Waals surface area (Å²) in [5, 5.41) is 10.2. The maximum atomic E-state index is 11.5. The summed E-state index contributed by atoms with van der Waals surface area (Å²) in [5.41, 5.74) is 0. The van der Waals surface area contributed by atoms with E-state index in [2.05, 4.69) is 13.0 Å². The molecule has 0 aromatic rings. The molecule has 0 unspecified atom stereocenters. The molecule has 0 aliphatic heterocycles. The predicted octanol–water partition coefficient (Wildman–Crippen LogP) is -2.27. The summed E-state index contributed by atoms with van der Waals surface area (Å²) in [7, 11) is 1.61. The molecular weight excluding hydrogens is 213 g/mol. The van der Waals surface area contributed by atoms with E-state index >= 15 is 0 Å². The molecule has 0 aliphatic rings. The summed E-state index contributed by atoms with van der Waals surface area (Å²) in [4.78, 5) is 23.1. The van der Waals surface area contributed by atoms with Crippen molar-refractivity contribution in [3.63, 3.8) is 0 Å². The minimum absolute atomic E-state index is 0. The summed E-state index contributed by atoms with van der Waals surface area (Å²) >= 11 is 0. The van der Waals surface area contributed by atoms with Crippen LogP contribution in [0.2, 0.25) is 0 Å². The number of carbonyl (C=O) groups is 2. The van der Waals surface area contributed by atoms with Crippen molar-refractivity contribution in [2.75, 3.05) is 13.6 Å². The van der Waals surface area contributed by atoms with Gasteiger partial charge >= 0.3 is 18.9 Å². The molecule has 4 nitrogen and oxygen atoms in total. The van der Waals surface area contributed by atoms with E-state index < -0.39 is 5.97 Å². The number of hydrogen-bond acceptors (Lipinski definition) is 3. The fourth-order valence-electron chi connectivity index (χ4n) is 1.18. The van der Waals surface area contributed by atoms with Crippen molar-refractivity contribution in [2.24, 2.45) is 0 Å². The number of aliphatic carboxylic acids is 1. The van der Waals surface area contributed by atoms with Crippen LogP contribution in [0.1, 0.15) is 39.0 Å². The Kier molecular flexibility index (Phi) is 12.9. The van der Waals surface area contributed by atoms with Gasteiger partial charge in [-0.1, -0.05) is 25.5 Å². The van der Waals surface area contributed by atoms with Gasteiger partial charge in [0.1, 0.15) is 0 Å². The van der Waals surface area contributed by atoms with Gasteiger partial charge in [-0.25, -0.2) is 0 Å². The van der Waals surface area contributed by atoms with Crippen molar-refractivity contribution in [3.8, 4) is 0 Å². The molecule has 0 N–H and O–H groups in total. The van der Waals surface area contributed by atoms with Gasteiger partial charge in [-0.15, -0.1) is 0 Å². The Labute approximate surface area is 115 Å². The van der Waals surface area contributed by atoms with Crippen LogP contribution in [0.5, 0.6) is 0 Å². The first kappa shape index (κ1) is 18.6. The van der Waals surface area contributed by atoms with Crippen LogP contribution in [0.25, 0.3) is 0 Å². The number of rotatable bonds is 8. The van der Waals surface area contributed by atoms with E-state index in [1.54, 1.807) is 7.05 Å². The number of allylic oxidation sites excluding steroid dienone is 2. The molecule has 0 saturated heterocycles. The molecule has 0 atom stereocenters. The zero-order valence-electron chi connectivity index (χ0n) is 11.1. The van der Waals surface area contributed by atoms with Gasteiger partial charge in [-0.3, -0.25) is 4.79 Å². The van der Waals surface area contributed by atoms with Crippen molar-refractivity contribution in [1.82, 2.24) is 4.90 Å². The molecule has 0 radical (unpaired) electrons. The van der Waals surface area contributed by atoms with E-state index in [-0.39, 0.29) is 37.7 Å². The average molecular weight is 233 g/mol. The van der Waals surface area contributed by atoms with E-state index in [1.807, 2.05) is 6.08 Å². The largest absolute Gasteiger partial charge is 1.00 e. The number of nitrogens with zero attached hydrogens (tertiary/aromatic N) is 1. The molecule has 0 heterocycles.